The van der Waals surface area contributed by atoms with Gasteiger partial charge in [0.05, 0.1) is 11.6 Å². The number of amides is 1. The van der Waals surface area contributed by atoms with Gasteiger partial charge in [-0.05, 0) is 38.1 Å². The van der Waals surface area contributed by atoms with Crippen molar-refractivity contribution in [3.8, 4) is 17.2 Å². The molecule has 0 aliphatic carbocycles. The third-order valence-corrected chi connectivity index (χ3v) is 2.98. The van der Waals surface area contributed by atoms with E-state index in [9.17, 15) is 4.79 Å². The highest BCUT2D eigenvalue weighted by atomic mass is 35.5. The number of nitrogens with zero attached hydrogens (tertiary/aromatic N) is 1. The van der Waals surface area contributed by atoms with Crippen LogP contribution < -0.4 is 10.1 Å². The van der Waals surface area contributed by atoms with Crippen LogP contribution in [0.4, 0.5) is 4.79 Å². The van der Waals surface area contributed by atoms with Crippen molar-refractivity contribution in [1.82, 2.24) is 10.5 Å². The molecule has 0 unspecified atom stereocenters. The third-order valence-electron chi connectivity index (χ3n) is 2.65. The van der Waals surface area contributed by atoms with Crippen LogP contribution in [0.1, 0.15) is 20.8 Å². The Hall–Kier alpha value is -2.21. The Bertz CT molecular complexity index is 664. The molecule has 1 N–H and O–H groups in total. The first-order valence-corrected chi connectivity index (χ1v) is 7.54. The van der Waals surface area contributed by atoms with Gasteiger partial charge in [-0.15, -0.1) is 0 Å². The molecule has 0 spiro atoms. The molecule has 124 valence electrons. The summed E-state index contributed by atoms with van der Waals surface area (Å²) in [5.74, 6) is 0.844. The molecule has 0 radical (unpaired) electrons. The quantitative estimate of drug-likeness (QED) is 0.837. The lowest BCUT2D eigenvalue weighted by atomic mass is 10.2. The number of carbonyl (C=O) groups excluding carboxylic acids is 1. The number of halogens is 1. The Morgan fingerprint density at radius 2 is 2.09 bits per heavy atom. The van der Waals surface area contributed by atoms with Crippen molar-refractivity contribution < 1.29 is 18.8 Å². The number of rotatable bonds is 5. The Kier molecular flexibility index (Phi) is 5.50. The second kappa shape index (κ2) is 7.37. The summed E-state index contributed by atoms with van der Waals surface area (Å²) in [6.07, 6.45) is -0.488. The molecule has 1 aromatic heterocycles. The summed E-state index contributed by atoms with van der Waals surface area (Å²) in [7, 11) is 0. The van der Waals surface area contributed by atoms with Gasteiger partial charge in [0.1, 0.15) is 12.2 Å². The van der Waals surface area contributed by atoms with Crippen LogP contribution in [0.2, 0.25) is 5.02 Å². The fourth-order valence-corrected chi connectivity index (χ4v) is 1.97. The average Bonchev–Trinajstić information content (AvgIpc) is 2.91. The molecule has 0 saturated carbocycles. The molecule has 0 saturated heterocycles. The Morgan fingerprint density at radius 1 is 1.35 bits per heavy atom. The molecule has 0 fully saturated rings. The molecule has 0 aliphatic rings. The number of ether oxygens (including phenoxy) is 2. The molecular formula is C16H19ClN2O4. The highest BCUT2D eigenvalue weighted by Gasteiger charge is 2.15. The Labute approximate surface area is 139 Å². The highest BCUT2D eigenvalue weighted by Crippen LogP contribution is 2.29. The zero-order chi connectivity index (χ0) is 16.9. The zero-order valence-corrected chi connectivity index (χ0v) is 14.0. The molecular weight excluding hydrogens is 320 g/mol. The first kappa shape index (κ1) is 17.1. The predicted octanol–water partition coefficient (Wildman–Crippen LogP) is 3.90. The van der Waals surface area contributed by atoms with E-state index in [4.69, 9.17) is 25.6 Å². The number of carbonyl (C=O) groups is 1. The van der Waals surface area contributed by atoms with Crippen molar-refractivity contribution >= 4 is 17.7 Å². The van der Waals surface area contributed by atoms with Crippen LogP contribution in [0.5, 0.6) is 5.88 Å². The van der Waals surface area contributed by atoms with E-state index in [1.165, 1.54) is 0 Å². The number of nitrogens with one attached hydrogen (secondary N) is 1. The third kappa shape index (κ3) is 5.49. The number of alkyl carbamates (subject to hydrolysis) is 1. The van der Waals surface area contributed by atoms with E-state index in [0.717, 1.165) is 5.56 Å². The maximum atomic E-state index is 11.5. The maximum absolute atomic E-state index is 11.5. The SMILES string of the molecule is CC(C)(C)OC(=O)NCCOc1cc(-c2ccccc2Cl)on1. The van der Waals surface area contributed by atoms with Crippen molar-refractivity contribution in [2.24, 2.45) is 0 Å². The summed E-state index contributed by atoms with van der Waals surface area (Å²) < 4.78 is 15.7. The number of hydrogen-bond acceptors (Lipinski definition) is 5. The Morgan fingerprint density at radius 3 is 2.78 bits per heavy atom. The fraction of sp³-hybridized carbons (Fsp3) is 0.375. The molecule has 2 rings (SSSR count). The summed E-state index contributed by atoms with van der Waals surface area (Å²) in [5.41, 5.74) is 0.212. The second-order valence-electron chi connectivity index (χ2n) is 5.79. The number of benzene rings is 1. The van der Waals surface area contributed by atoms with Crippen LogP contribution in [0.3, 0.4) is 0 Å². The van der Waals surface area contributed by atoms with Gasteiger partial charge in [0.25, 0.3) is 5.88 Å². The fourth-order valence-electron chi connectivity index (χ4n) is 1.74. The minimum absolute atomic E-state index is 0.244. The molecule has 1 heterocycles. The molecule has 6 nitrogen and oxygen atoms in total. The van der Waals surface area contributed by atoms with Gasteiger partial charge in [0.15, 0.2) is 5.76 Å². The number of aromatic nitrogens is 1. The average molecular weight is 339 g/mol. The molecule has 2 aromatic rings. The van der Waals surface area contributed by atoms with Crippen LogP contribution in [-0.2, 0) is 4.74 Å². The van der Waals surface area contributed by atoms with Crippen molar-refractivity contribution in [2.45, 2.75) is 26.4 Å². The van der Waals surface area contributed by atoms with Crippen LogP contribution in [0, 0.1) is 0 Å². The van der Waals surface area contributed by atoms with E-state index >= 15 is 0 Å². The summed E-state index contributed by atoms with van der Waals surface area (Å²) in [6.45, 7) is 5.94. The van der Waals surface area contributed by atoms with Crippen LogP contribution in [0.25, 0.3) is 11.3 Å². The zero-order valence-electron chi connectivity index (χ0n) is 13.3. The van der Waals surface area contributed by atoms with Gasteiger partial charge in [-0.1, -0.05) is 23.7 Å². The van der Waals surface area contributed by atoms with Gasteiger partial charge >= 0.3 is 6.09 Å². The van der Waals surface area contributed by atoms with Gasteiger partial charge in [-0.2, -0.15) is 0 Å². The molecule has 0 aliphatic heterocycles. The molecule has 0 bridgehead atoms. The lowest BCUT2D eigenvalue weighted by Crippen LogP contribution is -2.34. The topological polar surface area (TPSA) is 73.6 Å². The Balaban J connectivity index is 1.80. The number of hydrogen-bond donors (Lipinski definition) is 1. The molecule has 7 heteroatoms. The minimum atomic E-state index is -0.527. The van der Waals surface area contributed by atoms with Gasteiger partial charge in [0, 0.05) is 11.6 Å². The van der Waals surface area contributed by atoms with Gasteiger partial charge in [0.2, 0.25) is 0 Å². The van der Waals surface area contributed by atoms with Crippen LogP contribution in [0.15, 0.2) is 34.9 Å². The van der Waals surface area contributed by atoms with Gasteiger partial charge < -0.3 is 19.3 Å². The standard InChI is InChI=1S/C16H19ClN2O4/c1-16(2,3)22-15(20)18-8-9-21-14-10-13(23-19-14)11-6-4-5-7-12(11)17/h4-7,10H,8-9H2,1-3H3,(H,18,20). The monoisotopic (exact) mass is 338 g/mol. The first-order chi connectivity index (χ1) is 10.8. The largest absolute Gasteiger partial charge is 0.474 e. The van der Waals surface area contributed by atoms with E-state index in [0.29, 0.717) is 23.2 Å². The summed E-state index contributed by atoms with van der Waals surface area (Å²) in [4.78, 5) is 11.5. The maximum Gasteiger partial charge on any atom is 0.407 e. The van der Waals surface area contributed by atoms with Crippen LogP contribution in [-0.4, -0.2) is 30.0 Å². The van der Waals surface area contributed by atoms with E-state index in [1.54, 1.807) is 32.9 Å². The lowest BCUT2D eigenvalue weighted by Gasteiger charge is -2.19. The van der Waals surface area contributed by atoms with Crippen LogP contribution >= 0.6 is 11.6 Å². The van der Waals surface area contributed by atoms with Crippen molar-refractivity contribution in [1.29, 1.82) is 0 Å². The molecule has 1 amide bonds. The molecule has 1 aromatic carbocycles. The summed E-state index contributed by atoms with van der Waals surface area (Å²) in [6, 6.07) is 8.94. The predicted molar refractivity (Wildman–Crippen MR) is 86.7 cm³/mol. The van der Waals surface area contributed by atoms with Gasteiger partial charge in [-0.3, -0.25) is 0 Å². The summed E-state index contributed by atoms with van der Waals surface area (Å²) in [5, 5.41) is 6.97. The molecule has 0 atom stereocenters. The van der Waals surface area contributed by atoms with E-state index in [-0.39, 0.29) is 6.61 Å². The van der Waals surface area contributed by atoms with Crippen molar-refractivity contribution in [2.75, 3.05) is 13.2 Å². The summed E-state index contributed by atoms with van der Waals surface area (Å²) >= 11 is 6.09. The van der Waals surface area contributed by atoms with Gasteiger partial charge in [-0.25, -0.2) is 4.79 Å². The van der Waals surface area contributed by atoms with E-state index in [1.807, 2.05) is 18.2 Å². The normalized spacial score (nSPS) is 11.1. The molecule has 23 heavy (non-hydrogen) atoms. The smallest absolute Gasteiger partial charge is 0.407 e. The second-order valence-corrected chi connectivity index (χ2v) is 6.19. The minimum Gasteiger partial charge on any atom is -0.474 e. The van der Waals surface area contributed by atoms with Crippen molar-refractivity contribution in [3.05, 3.63) is 35.4 Å². The lowest BCUT2D eigenvalue weighted by molar-refractivity contribution is 0.0519. The van der Waals surface area contributed by atoms with E-state index in [2.05, 4.69) is 10.5 Å². The highest BCUT2D eigenvalue weighted by molar-refractivity contribution is 6.33. The van der Waals surface area contributed by atoms with E-state index < -0.39 is 11.7 Å². The van der Waals surface area contributed by atoms with Crippen molar-refractivity contribution in [3.63, 3.8) is 0 Å². The first-order valence-electron chi connectivity index (χ1n) is 7.16.